The van der Waals surface area contributed by atoms with Gasteiger partial charge in [-0.2, -0.15) is 0 Å². The van der Waals surface area contributed by atoms with Crippen molar-refractivity contribution in [3.05, 3.63) is 32.7 Å². The Morgan fingerprint density at radius 2 is 2.11 bits per heavy atom. The molecule has 0 aliphatic carbocycles. The van der Waals surface area contributed by atoms with E-state index in [0.717, 1.165) is 4.47 Å². The van der Waals surface area contributed by atoms with Crippen LogP contribution in [-0.4, -0.2) is 32.4 Å². The molecule has 1 aromatic carbocycles. The van der Waals surface area contributed by atoms with E-state index in [9.17, 15) is 13.2 Å². The predicted octanol–water partition coefficient (Wildman–Crippen LogP) is 2.38. The number of sulfone groups is 1. The van der Waals surface area contributed by atoms with E-state index in [0.29, 0.717) is 23.0 Å². The smallest absolute Gasteiger partial charge is 0.252 e. The molecule has 0 bridgehead atoms. The third-order valence-corrected chi connectivity index (χ3v) is 6.04. The number of amides is 1. The molecule has 0 saturated carbocycles. The number of halogens is 2. The molecule has 1 atom stereocenters. The maximum Gasteiger partial charge on any atom is 0.252 e. The van der Waals surface area contributed by atoms with Crippen molar-refractivity contribution < 1.29 is 13.2 Å². The Hall–Kier alpha value is -0.400. The minimum Gasteiger partial charge on any atom is -0.352 e. The van der Waals surface area contributed by atoms with Crippen LogP contribution < -0.4 is 5.32 Å². The quantitative estimate of drug-likeness (QED) is 0.831. The van der Waals surface area contributed by atoms with Crippen molar-refractivity contribution in [2.24, 2.45) is 5.92 Å². The molecule has 7 heteroatoms. The number of rotatable bonds is 3. The topological polar surface area (TPSA) is 63.2 Å². The predicted molar refractivity (Wildman–Crippen MR) is 80.9 cm³/mol. The van der Waals surface area contributed by atoms with Gasteiger partial charge in [-0.05, 0) is 46.5 Å². The first-order chi connectivity index (χ1) is 8.87. The maximum absolute atomic E-state index is 12.0. The number of carbonyl (C=O) groups excluding carboxylic acids is 1. The Morgan fingerprint density at radius 1 is 1.37 bits per heavy atom. The third kappa shape index (κ3) is 4.03. The van der Waals surface area contributed by atoms with Crippen LogP contribution in [-0.2, 0) is 9.84 Å². The van der Waals surface area contributed by atoms with Crippen molar-refractivity contribution in [1.82, 2.24) is 5.32 Å². The second-order valence-electron chi connectivity index (χ2n) is 4.60. The molecule has 1 saturated heterocycles. The average molecular weight is 411 g/mol. The van der Waals surface area contributed by atoms with Crippen molar-refractivity contribution in [2.45, 2.75) is 6.42 Å². The number of hydrogen-bond acceptors (Lipinski definition) is 3. The van der Waals surface area contributed by atoms with Crippen LogP contribution in [0, 0.1) is 5.92 Å². The molecule has 1 aliphatic rings. The zero-order valence-corrected chi connectivity index (χ0v) is 14.0. The van der Waals surface area contributed by atoms with Crippen LogP contribution in [0.2, 0.25) is 0 Å². The van der Waals surface area contributed by atoms with Crippen LogP contribution in [0.5, 0.6) is 0 Å². The molecule has 0 spiro atoms. The van der Waals surface area contributed by atoms with E-state index in [1.807, 2.05) is 0 Å². The number of carbonyl (C=O) groups is 1. The van der Waals surface area contributed by atoms with Crippen LogP contribution in [0.15, 0.2) is 27.1 Å². The summed E-state index contributed by atoms with van der Waals surface area (Å²) in [7, 11) is -2.89. The van der Waals surface area contributed by atoms with Gasteiger partial charge in [0.2, 0.25) is 0 Å². The van der Waals surface area contributed by atoms with E-state index in [1.54, 1.807) is 18.2 Å². The number of benzene rings is 1. The van der Waals surface area contributed by atoms with Gasteiger partial charge in [-0.3, -0.25) is 4.79 Å². The highest BCUT2D eigenvalue weighted by molar-refractivity contribution is 9.11. The molecule has 0 aromatic heterocycles. The molecule has 1 heterocycles. The fourth-order valence-electron chi connectivity index (χ4n) is 2.04. The summed E-state index contributed by atoms with van der Waals surface area (Å²) in [5, 5.41) is 2.79. The molecule has 1 N–H and O–H groups in total. The van der Waals surface area contributed by atoms with Gasteiger partial charge >= 0.3 is 0 Å². The fraction of sp³-hybridized carbons (Fsp3) is 0.417. The van der Waals surface area contributed by atoms with Crippen LogP contribution in [0.25, 0.3) is 0 Å². The first-order valence-electron chi connectivity index (χ1n) is 5.81. The zero-order chi connectivity index (χ0) is 14.0. The Kier molecular flexibility index (Phi) is 4.68. The lowest BCUT2D eigenvalue weighted by atomic mass is 10.1. The summed E-state index contributed by atoms with van der Waals surface area (Å²) < 4.78 is 24.2. The highest BCUT2D eigenvalue weighted by Crippen LogP contribution is 2.22. The van der Waals surface area contributed by atoms with Gasteiger partial charge in [-0.1, -0.05) is 15.9 Å². The van der Waals surface area contributed by atoms with Crippen molar-refractivity contribution in [2.75, 3.05) is 18.1 Å². The lowest BCUT2D eigenvalue weighted by Crippen LogP contribution is -2.30. The molecule has 19 heavy (non-hydrogen) atoms. The normalized spacial score (nSPS) is 21.3. The van der Waals surface area contributed by atoms with Gasteiger partial charge in [0.15, 0.2) is 9.84 Å². The van der Waals surface area contributed by atoms with E-state index in [1.165, 1.54) is 0 Å². The summed E-state index contributed by atoms with van der Waals surface area (Å²) in [6.07, 6.45) is 0.629. The summed E-state index contributed by atoms with van der Waals surface area (Å²) >= 11 is 6.65. The molecule has 2 rings (SSSR count). The SMILES string of the molecule is O=C(NCC1CCS(=O)(=O)C1)c1ccc(Br)cc1Br. The maximum atomic E-state index is 12.0. The first-order valence-corrected chi connectivity index (χ1v) is 9.22. The van der Waals surface area contributed by atoms with Gasteiger partial charge in [-0.25, -0.2) is 8.42 Å². The fourth-order valence-corrected chi connectivity index (χ4v) is 5.13. The Labute approximate surface area is 129 Å². The lowest BCUT2D eigenvalue weighted by molar-refractivity contribution is 0.0947. The molecular weight excluding hydrogens is 398 g/mol. The van der Waals surface area contributed by atoms with Crippen molar-refractivity contribution >= 4 is 47.6 Å². The standard InChI is InChI=1S/C12H13Br2NO3S/c13-9-1-2-10(11(14)5-9)12(16)15-6-8-3-4-19(17,18)7-8/h1-2,5,8H,3-4,6-7H2,(H,15,16). The van der Waals surface area contributed by atoms with E-state index in [2.05, 4.69) is 37.2 Å². The summed E-state index contributed by atoms with van der Waals surface area (Å²) in [6.45, 7) is 0.403. The Balaban J connectivity index is 1.95. The van der Waals surface area contributed by atoms with Gasteiger partial charge in [0.25, 0.3) is 5.91 Å². The van der Waals surface area contributed by atoms with E-state index < -0.39 is 9.84 Å². The highest BCUT2D eigenvalue weighted by atomic mass is 79.9. The first kappa shape index (κ1) is 15.0. The number of hydrogen-bond donors (Lipinski definition) is 1. The molecule has 1 fully saturated rings. The summed E-state index contributed by atoms with van der Waals surface area (Å²) in [6, 6.07) is 5.31. The highest BCUT2D eigenvalue weighted by Gasteiger charge is 2.28. The van der Waals surface area contributed by atoms with Crippen molar-refractivity contribution in [1.29, 1.82) is 0 Å². The Morgan fingerprint density at radius 3 is 2.68 bits per heavy atom. The van der Waals surface area contributed by atoms with Gasteiger partial charge in [0, 0.05) is 15.5 Å². The Bertz CT molecular complexity index is 601. The summed E-state index contributed by atoms with van der Waals surface area (Å²) in [4.78, 5) is 12.0. The zero-order valence-electron chi connectivity index (χ0n) is 10.0. The van der Waals surface area contributed by atoms with Crippen LogP contribution in [0.4, 0.5) is 0 Å². The van der Waals surface area contributed by atoms with Crippen molar-refractivity contribution in [3.63, 3.8) is 0 Å². The van der Waals surface area contributed by atoms with E-state index in [4.69, 9.17) is 0 Å². The largest absolute Gasteiger partial charge is 0.352 e. The molecule has 0 radical (unpaired) electrons. The lowest BCUT2D eigenvalue weighted by Gasteiger charge is -2.10. The van der Waals surface area contributed by atoms with Gasteiger partial charge < -0.3 is 5.32 Å². The van der Waals surface area contributed by atoms with E-state index >= 15 is 0 Å². The molecule has 1 aliphatic heterocycles. The summed E-state index contributed by atoms with van der Waals surface area (Å²) in [5.41, 5.74) is 0.545. The number of nitrogens with one attached hydrogen (secondary N) is 1. The minimum absolute atomic E-state index is 0.0307. The van der Waals surface area contributed by atoms with Gasteiger partial charge in [-0.15, -0.1) is 0 Å². The average Bonchev–Trinajstić information content (AvgIpc) is 2.66. The van der Waals surface area contributed by atoms with Gasteiger partial charge in [0.05, 0.1) is 17.1 Å². The molecular formula is C12H13Br2NO3S. The van der Waals surface area contributed by atoms with Crippen molar-refractivity contribution in [3.8, 4) is 0 Å². The molecule has 1 amide bonds. The monoisotopic (exact) mass is 409 g/mol. The van der Waals surface area contributed by atoms with E-state index in [-0.39, 0.29) is 23.3 Å². The second-order valence-corrected chi connectivity index (χ2v) is 8.60. The molecule has 104 valence electrons. The van der Waals surface area contributed by atoms with Crippen LogP contribution in [0.3, 0.4) is 0 Å². The molecule has 4 nitrogen and oxygen atoms in total. The third-order valence-electron chi connectivity index (χ3n) is 3.05. The van der Waals surface area contributed by atoms with Crippen LogP contribution in [0.1, 0.15) is 16.8 Å². The second kappa shape index (κ2) is 5.93. The molecule has 1 aromatic rings. The van der Waals surface area contributed by atoms with Crippen LogP contribution >= 0.6 is 31.9 Å². The summed E-state index contributed by atoms with van der Waals surface area (Å²) in [5.74, 6) is 0.247. The molecule has 1 unspecified atom stereocenters. The van der Waals surface area contributed by atoms with Gasteiger partial charge in [0.1, 0.15) is 0 Å². The minimum atomic E-state index is -2.89.